The summed E-state index contributed by atoms with van der Waals surface area (Å²) in [5.74, 6) is -0.203. The summed E-state index contributed by atoms with van der Waals surface area (Å²) in [6.07, 6.45) is 0.798. The van der Waals surface area contributed by atoms with Crippen molar-refractivity contribution in [3.63, 3.8) is 0 Å². The van der Waals surface area contributed by atoms with Crippen molar-refractivity contribution in [2.45, 2.75) is 94.3 Å². The number of rotatable bonds is 7. The quantitative estimate of drug-likeness (QED) is 0.489. The lowest BCUT2D eigenvalue weighted by Gasteiger charge is -2.49. The fourth-order valence-corrected chi connectivity index (χ4v) is 2.81. The minimum absolute atomic E-state index is 0.0642. The first-order valence-corrected chi connectivity index (χ1v) is 9.56. The largest absolute Gasteiger partial charge is 0.461 e. The van der Waals surface area contributed by atoms with E-state index in [1.807, 2.05) is 0 Å². The second kappa shape index (κ2) is 7.99. The molecule has 24 heavy (non-hydrogen) atoms. The number of esters is 1. The van der Waals surface area contributed by atoms with Crippen LogP contribution in [0.15, 0.2) is 0 Å². The van der Waals surface area contributed by atoms with Crippen molar-refractivity contribution in [1.82, 2.24) is 0 Å². The van der Waals surface area contributed by atoms with Gasteiger partial charge in [0.15, 0.2) is 0 Å². The topological polar surface area (TPSA) is 46.5 Å². The zero-order valence-electron chi connectivity index (χ0n) is 17.5. The zero-order valence-corrected chi connectivity index (χ0v) is 18.4. The first-order valence-electron chi connectivity index (χ1n) is 8.92. The van der Waals surface area contributed by atoms with Crippen LogP contribution in [0.3, 0.4) is 0 Å². The smallest absolute Gasteiger partial charge is 0.315 e. The van der Waals surface area contributed by atoms with Gasteiger partial charge in [0.25, 0.3) is 0 Å². The minimum atomic E-state index is -0.423. The number of aliphatic hydroxyl groups excluding tert-OH is 1. The second-order valence-corrected chi connectivity index (χ2v) is 10.9. The van der Waals surface area contributed by atoms with Crippen molar-refractivity contribution in [3.05, 3.63) is 0 Å². The number of hydrogen-bond donors (Lipinski definition) is 2. The summed E-state index contributed by atoms with van der Waals surface area (Å²) in [6, 6.07) is 0. The molecule has 2 unspecified atom stereocenters. The fourth-order valence-electron chi connectivity index (χ4n) is 2.73. The Morgan fingerprint density at radius 3 is 1.75 bits per heavy atom. The summed E-state index contributed by atoms with van der Waals surface area (Å²) >= 11 is 4.02. The van der Waals surface area contributed by atoms with Crippen LogP contribution in [0.5, 0.6) is 0 Å². The second-order valence-electron chi connectivity index (χ2n) is 10.6. The maximum Gasteiger partial charge on any atom is 0.315 e. The number of carbonyl (C=O) groups excluding carboxylic acids is 1. The highest BCUT2D eigenvalue weighted by Crippen LogP contribution is 2.49. The summed E-state index contributed by atoms with van der Waals surface area (Å²) in [5.41, 5.74) is -0.612. The van der Waals surface area contributed by atoms with Gasteiger partial charge in [-0.2, -0.15) is 12.6 Å². The summed E-state index contributed by atoms with van der Waals surface area (Å²) in [7, 11) is 0. The van der Waals surface area contributed by atoms with Crippen LogP contribution in [-0.4, -0.2) is 29.0 Å². The maximum atomic E-state index is 11.8. The van der Waals surface area contributed by atoms with Gasteiger partial charge in [-0.1, -0.05) is 69.2 Å². The number of carbonyl (C=O) groups is 1. The van der Waals surface area contributed by atoms with E-state index in [-0.39, 0.29) is 39.5 Å². The van der Waals surface area contributed by atoms with Crippen LogP contribution in [0.25, 0.3) is 0 Å². The molecule has 1 N–H and O–H groups in total. The molecule has 2 atom stereocenters. The monoisotopic (exact) mass is 360 g/mol. The van der Waals surface area contributed by atoms with Gasteiger partial charge in [-0.15, -0.1) is 0 Å². The van der Waals surface area contributed by atoms with Crippen molar-refractivity contribution in [1.29, 1.82) is 0 Å². The molecule has 0 fully saturated rings. The fraction of sp³-hybridized carbons (Fsp3) is 0.950. The van der Waals surface area contributed by atoms with Gasteiger partial charge in [0.2, 0.25) is 0 Å². The molecule has 0 heterocycles. The maximum absolute atomic E-state index is 11.8. The van der Waals surface area contributed by atoms with Crippen LogP contribution in [-0.2, 0) is 9.53 Å². The van der Waals surface area contributed by atoms with E-state index in [1.165, 1.54) is 0 Å². The Balaban J connectivity index is 5.40. The average molecular weight is 361 g/mol. The van der Waals surface area contributed by atoms with E-state index >= 15 is 0 Å². The lowest BCUT2D eigenvalue weighted by atomic mass is 9.59. The minimum Gasteiger partial charge on any atom is -0.461 e. The van der Waals surface area contributed by atoms with Crippen molar-refractivity contribution in [2.24, 2.45) is 21.7 Å². The van der Waals surface area contributed by atoms with E-state index < -0.39 is 6.10 Å². The highest BCUT2D eigenvalue weighted by atomic mass is 32.1. The van der Waals surface area contributed by atoms with E-state index in [0.717, 1.165) is 6.42 Å². The third-order valence-electron chi connectivity index (χ3n) is 5.45. The van der Waals surface area contributed by atoms with Gasteiger partial charge in [0, 0.05) is 0 Å². The van der Waals surface area contributed by atoms with Gasteiger partial charge in [-0.3, -0.25) is 4.79 Å². The molecule has 0 saturated heterocycles. The summed E-state index contributed by atoms with van der Waals surface area (Å²) in [6.45, 7) is 21.2. The van der Waals surface area contributed by atoms with Gasteiger partial charge in [-0.05, 0) is 34.5 Å². The third-order valence-corrected chi connectivity index (χ3v) is 5.71. The molecule has 0 aromatic heterocycles. The molecular weight excluding hydrogens is 320 g/mol. The lowest BCUT2D eigenvalue weighted by molar-refractivity contribution is -0.157. The van der Waals surface area contributed by atoms with E-state index in [9.17, 15) is 9.90 Å². The number of hydrogen-bond acceptors (Lipinski definition) is 4. The molecule has 0 aliphatic rings. The molecule has 0 radical (unpaired) electrons. The van der Waals surface area contributed by atoms with Gasteiger partial charge in [-0.25, -0.2) is 0 Å². The number of aliphatic hydroxyl groups is 1. The van der Waals surface area contributed by atoms with Crippen LogP contribution >= 0.6 is 12.6 Å². The van der Waals surface area contributed by atoms with Crippen molar-refractivity contribution >= 4 is 18.6 Å². The van der Waals surface area contributed by atoms with E-state index in [2.05, 4.69) is 81.9 Å². The third kappa shape index (κ3) is 6.95. The predicted molar refractivity (Wildman–Crippen MR) is 105 cm³/mol. The molecule has 3 nitrogen and oxygen atoms in total. The Hall–Kier alpha value is -0.220. The normalized spacial score (nSPS) is 16.7. The van der Waals surface area contributed by atoms with Crippen LogP contribution in [0.1, 0.15) is 82.1 Å². The molecule has 0 amide bonds. The molecule has 0 saturated carbocycles. The van der Waals surface area contributed by atoms with Crippen molar-refractivity contribution < 1.29 is 14.6 Å². The summed E-state index contributed by atoms with van der Waals surface area (Å²) in [4.78, 5) is 11.8. The SMILES string of the molecule is CC(C)(C)CC(O)C(C)(C)C(C)(C)CC(OC(=O)CS)C(C)(C)C. The van der Waals surface area contributed by atoms with Crippen LogP contribution < -0.4 is 0 Å². The molecule has 144 valence electrons. The van der Waals surface area contributed by atoms with Gasteiger partial charge in [0.05, 0.1) is 11.9 Å². The van der Waals surface area contributed by atoms with Crippen LogP contribution in [0.4, 0.5) is 0 Å². The average Bonchev–Trinajstić information content (AvgIpc) is 2.33. The number of ether oxygens (including phenoxy) is 1. The Morgan fingerprint density at radius 1 is 0.958 bits per heavy atom. The molecule has 0 bridgehead atoms. The van der Waals surface area contributed by atoms with Gasteiger partial charge < -0.3 is 9.84 Å². The van der Waals surface area contributed by atoms with Crippen LogP contribution in [0, 0.1) is 21.7 Å². The Kier molecular flexibility index (Phi) is 7.91. The van der Waals surface area contributed by atoms with Gasteiger partial charge >= 0.3 is 5.97 Å². The molecule has 0 aromatic carbocycles. The summed E-state index contributed by atoms with van der Waals surface area (Å²) in [5, 5.41) is 10.9. The Labute approximate surface area is 155 Å². The molecule has 0 aliphatic heterocycles. The van der Waals surface area contributed by atoms with E-state index in [4.69, 9.17) is 4.74 Å². The molecule has 0 aromatic rings. The lowest BCUT2D eigenvalue weighted by Crippen LogP contribution is -2.48. The van der Waals surface area contributed by atoms with E-state index in [1.54, 1.807) is 0 Å². The molecular formula is C20H40O3S. The van der Waals surface area contributed by atoms with Crippen molar-refractivity contribution in [3.8, 4) is 0 Å². The summed E-state index contributed by atoms with van der Waals surface area (Å²) < 4.78 is 5.68. The van der Waals surface area contributed by atoms with Gasteiger partial charge in [0.1, 0.15) is 6.10 Å². The van der Waals surface area contributed by atoms with Crippen LogP contribution in [0.2, 0.25) is 0 Å². The highest BCUT2D eigenvalue weighted by molar-refractivity contribution is 7.81. The molecule has 0 spiro atoms. The first-order chi connectivity index (χ1) is 10.4. The zero-order chi connectivity index (χ0) is 19.6. The van der Waals surface area contributed by atoms with Crippen molar-refractivity contribution in [2.75, 3.05) is 5.75 Å². The molecule has 0 rings (SSSR count). The Morgan fingerprint density at radius 2 is 1.42 bits per heavy atom. The van der Waals surface area contributed by atoms with E-state index in [0.29, 0.717) is 6.42 Å². The molecule has 4 heteroatoms. The standard InChI is InChI=1S/C20H40O3S/c1-17(2,3)11-14(21)20(9,10)19(7,8)12-15(18(4,5)6)23-16(22)13-24/h14-15,21,24H,11-13H2,1-10H3. The first kappa shape index (κ1) is 23.8. The highest BCUT2D eigenvalue weighted by Gasteiger charge is 2.46. The number of thiol groups is 1. The molecule has 0 aliphatic carbocycles. The Bertz CT molecular complexity index is 414. The predicted octanol–water partition coefficient (Wildman–Crippen LogP) is 5.11.